The molecule has 0 saturated heterocycles. The van der Waals surface area contributed by atoms with E-state index in [-0.39, 0.29) is 5.92 Å². The van der Waals surface area contributed by atoms with Crippen LogP contribution in [0.5, 0.6) is 0 Å². The molecule has 0 aromatic rings. The standard InChI is InChI=1S/C10H15N3.Cr.2H2O.2O/c1-7-6-10(13(3)4)8(2)5-9(7)12-11;;;;;/h5-7H,1-4H3;;2*1H2;;/q;+2;;;;/p-2. The third-order valence-electron chi connectivity index (χ3n) is 2.24. The summed E-state index contributed by atoms with van der Waals surface area (Å²) < 4.78 is 31.9. The molecule has 0 heterocycles. The summed E-state index contributed by atoms with van der Waals surface area (Å²) in [4.78, 5) is 5.32. The van der Waals surface area contributed by atoms with Gasteiger partial charge in [0.05, 0.1) is 5.92 Å². The maximum atomic E-state index is 8.82. The van der Waals surface area contributed by atoms with Gasteiger partial charge in [-0.05, 0) is 25.5 Å². The van der Waals surface area contributed by atoms with E-state index in [2.05, 4.69) is 15.8 Å². The molecular formula is C10H17CrN3O4. The van der Waals surface area contributed by atoms with Crippen LogP contribution in [0, 0.1) is 5.92 Å². The van der Waals surface area contributed by atoms with Crippen LogP contribution in [-0.2, 0) is 21.2 Å². The summed E-state index contributed by atoms with van der Waals surface area (Å²) in [6.07, 6.45) is 4.02. The van der Waals surface area contributed by atoms with Crippen LogP contribution in [-0.4, -0.2) is 37.8 Å². The molecule has 1 aliphatic rings. The predicted molar refractivity (Wildman–Crippen MR) is 59.1 cm³/mol. The van der Waals surface area contributed by atoms with Crippen LogP contribution in [0.2, 0.25) is 0 Å². The van der Waals surface area contributed by atoms with E-state index >= 15 is 0 Å². The summed E-state index contributed by atoms with van der Waals surface area (Å²) in [6.45, 7) is 4.03. The first-order valence-corrected chi connectivity index (χ1v) is 7.24. The van der Waals surface area contributed by atoms with Gasteiger partial charge in [-0.3, -0.25) is 0 Å². The quantitative estimate of drug-likeness (QED) is 0.535. The summed E-state index contributed by atoms with van der Waals surface area (Å²) >= 11 is -5.25. The summed E-state index contributed by atoms with van der Waals surface area (Å²) in [7, 11) is 4.02. The third kappa shape index (κ3) is 6.45. The van der Waals surface area contributed by atoms with Crippen molar-refractivity contribution in [3.8, 4) is 0 Å². The first-order valence-electron chi connectivity index (χ1n) is 5.06. The number of likely N-dealkylation sites (N-methyl/N-ethyl adjacent to an activating group) is 1. The van der Waals surface area contributed by atoms with Gasteiger partial charge in [0.15, 0.2) is 0 Å². The van der Waals surface area contributed by atoms with Crippen LogP contribution in [0.3, 0.4) is 0 Å². The van der Waals surface area contributed by atoms with E-state index in [0.29, 0.717) is 0 Å². The van der Waals surface area contributed by atoms with E-state index in [1.54, 1.807) is 0 Å². The van der Waals surface area contributed by atoms with Gasteiger partial charge in [-0.1, -0.05) is 0 Å². The van der Waals surface area contributed by atoms with Crippen molar-refractivity contribution in [2.75, 3.05) is 14.1 Å². The van der Waals surface area contributed by atoms with Gasteiger partial charge in [-0.15, -0.1) is 0 Å². The van der Waals surface area contributed by atoms with E-state index < -0.39 is 13.6 Å². The van der Waals surface area contributed by atoms with Crippen LogP contribution in [0.4, 0.5) is 0 Å². The second-order valence-electron chi connectivity index (χ2n) is 4.04. The molecule has 0 bridgehead atoms. The fourth-order valence-corrected chi connectivity index (χ4v) is 1.50. The Hall–Kier alpha value is -1.29. The zero-order chi connectivity index (χ0) is 14.5. The topological polar surface area (TPSA) is 114 Å². The predicted octanol–water partition coefficient (Wildman–Crippen LogP) is 0.345. The van der Waals surface area contributed by atoms with Gasteiger partial charge in [0.25, 0.3) is 5.71 Å². The molecule has 18 heavy (non-hydrogen) atoms. The molecule has 7 nitrogen and oxygen atoms in total. The van der Waals surface area contributed by atoms with Crippen molar-refractivity contribution in [3.05, 3.63) is 29.0 Å². The number of hydrogen-bond acceptors (Lipinski definition) is 3. The second kappa shape index (κ2) is 6.59. The van der Waals surface area contributed by atoms with Crippen molar-refractivity contribution in [3.63, 3.8) is 0 Å². The Kier molecular flexibility index (Phi) is 6.12. The fourth-order valence-electron chi connectivity index (χ4n) is 1.50. The van der Waals surface area contributed by atoms with E-state index in [0.717, 1.165) is 11.3 Å². The Labute approximate surface area is 108 Å². The molecule has 1 unspecified atom stereocenters. The molecular weight excluding hydrogens is 278 g/mol. The molecule has 0 spiro atoms. The molecule has 2 N–H and O–H groups in total. The van der Waals surface area contributed by atoms with Crippen LogP contribution in [0.25, 0.3) is 5.53 Å². The maximum absolute atomic E-state index is 8.82. The van der Waals surface area contributed by atoms with Gasteiger partial charge in [0.1, 0.15) is 0 Å². The van der Waals surface area contributed by atoms with Gasteiger partial charge in [-0.2, -0.15) is 4.79 Å². The summed E-state index contributed by atoms with van der Waals surface area (Å²) in [5, 5.41) is 0. The monoisotopic (exact) mass is 295 g/mol. The van der Waals surface area contributed by atoms with Gasteiger partial charge >= 0.3 is 29.5 Å². The number of nitrogens with zero attached hydrogens (tertiary/aromatic N) is 3. The van der Waals surface area contributed by atoms with Crippen molar-refractivity contribution in [1.82, 2.24) is 4.90 Å². The Morgan fingerprint density at radius 1 is 1.39 bits per heavy atom. The van der Waals surface area contributed by atoms with E-state index in [1.807, 2.05) is 34.0 Å². The van der Waals surface area contributed by atoms with Gasteiger partial charge in [0.2, 0.25) is 0 Å². The zero-order valence-electron chi connectivity index (χ0n) is 10.7. The fraction of sp³-hybridized carbons (Fsp3) is 0.500. The molecule has 0 saturated carbocycles. The second-order valence-corrected chi connectivity index (χ2v) is 5.43. The van der Waals surface area contributed by atoms with E-state index in [4.69, 9.17) is 21.5 Å². The summed E-state index contributed by atoms with van der Waals surface area (Å²) in [6, 6.07) is 0. The molecule has 102 valence electrons. The minimum atomic E-state index is -5.25. The first kappa shape index (κ1) is 16.7. The van der Waals surface area contributed by atoms with Crippen molar-refractivity contribution in [2.45, 2.75) is 13.8 Å². The molecule has 1 rings (SSSR count). The molecule has 1 atom stereocenters. The molecule has 8 heteroatoms. The Morgan fingerprint density at radius 3 is 2.17 bits per heavy atom. The van der Waals surface area contributed by atoms with Gasteiger partial charge in [0, 0.05) is 25.9 Å². The van der Waals surface area contributed by atoms with Crippen LogP contribution < -0.4 is 0 Å². The van der Waals surface area contributed by atoms with E-state index in [1.165, 1.54) is 5.70 Å². The molecule has 0 aromatic heterocycles. The van der Waals surface area contributed by atoms with E-state index in [9.17, 15) is 0 Å². The number of hydrogen-bond donors (Lipinski definition) is 2. The minimum absolute atomic E-state index is 0.186. The van der Waals surface area contributed by atoms with Crippen LogP contribution in [0.15, 0.2) is 23.4 Å². The van der Waals surface area contributed by atoms with Crippen LogP contribution in [0.1, 0.15) is 13.8 Å². The molecule has 0 amide bonds. The van der Waals surface area contributed by atoms with Crippen molar-refractivity contribution in [1.29, 1.82) is 0 Å². The molecule has 0 aliphatic heterocycles. The van der Waals surface area contributed by atoms with Crippen molar-refractivity contribution >= 4 is 5.71 Å². The molecule has 0 fully saturated rings. The average molecular weight is 295 g/mol. The van der Waals surface area contributed by atoms with Gasteiger partial charge < -0.3 is 10.4 Å². The SMILES string of the molecule is CC1=CC(=[N+]=[N-])C(C)C=C1N(C)C.[O]=[Cr](=[O])([OH])[OH]. The summed E-state index contributed by atoms with van der Waals surface area (Å²) in [5.41, 5.74) is 11.8. The first-order chi connectivity index (χ1) is 8.06. The Balaban J connectivity index is 0.000000494. The normalized spacial score (nSPS) is 19.0. The Bertz CT molecular complexity index is 505. The van der Waals surface area contributed by atoms with Crippen molar-refractivity contribution < 1.29 is 34.3 Å². The molecule has 1 aliphatic carbocycles. The third-order valence-corrected chi connectivity index (χ3v) is 2.24. The molecule has 0 radical (unpaired) electrons. The zero-order valence-corrected chi connectivity index (χ0v) is 12.0. The average Bonchev–Trinajstić information content (AvgIpc) is 2.18. The number of allylic oxidation sites excluding steroid dienone is 3. The van der Waals surface area contributed by atoms with Gasteiger partial charge in [-0.25, -0.2) is 0 Å². The summed E-state index contributed by atoms with van der Waals surface area (Å²) in [5.74, 6) is 0.186. The molecule has 0 aromatic carbocycles. The number of rotatable bonds is 1. The van der Waals surface area contributed by atoms with Crippen molar-refractivity contribution in [2.24, 2.45) is 5.92 Å². The Morgan fingerprint density at radius 2 is 1.83 bits per heavy atom. The van der Waals surface area contributed by atoms with Crippen LogP contribution >= 0.6 is 0 Å².